The van der Waals surface area contributed by atoms with Crippen LogP contribution in [0.3, 0.4) is 0 Å². The Labute approximate surface area is 181 Å². The van der Waals surface area contributed by atoms with E-state index in [1.165, 1.54) is 27.8 Å². The molecule has 0 aliphatic rings. The fourth-order valence-electron chi connectivity index (χ4n) is 3.68. The normalized spacial score (nSPS) is 11.8. The van der Waals surface area contributed by atoms with Crippen LogP contribution in [0.2, 0.25) is 0 Å². The van der Waals surface area contributed by atoms with Crippen molar-refractivity contribution in [3.05, 3.63) is 107 Å². The molecule has 1 N–H and O–H groups in total. The second kappa shape index (κ2) is 12.0. The molecule has 30 heavy (non-hydrogen) atoms. The maximum atomic E-state index is 5.56. The number of anilines is 1. The summed E-state index contributed by atoms with van der Waals surface area (Å²) in [6, 6.07) is 30.3. The van der Waals surface area contributed by atoms with Crippen molar-refractivity contribution in [1.82, 2.24) is 0 Å². The van der Waals surface area contributed by atoms with Gasteiger partial charge in [-0.05, 0) is 53.7 Å². The lowest BCUT2D eigenvalue weighted by atomic mass is 9.88. The molecule has 0 saturated carbocycles. The van der Waals surface area contributed by atoms with Gasteiger partial charge in [-0.15, -0.1) is 0 Å². The summed E-state index contributed by atoms with van der Waals surface area (Å²) in [5.74, 6) is 0. The lowest BCUT2D eigenvalue weighted by molar-refractivity contribution is 0.144. The number of allylic oxidation sites excluding steroid dienone is 1. The molecule has 156 valence electrons. The van der Waals surface area contributed by atoms with Crippen molar-refractivity contribution in [3.8, 4) is 0 Å². The second-order valence-electron chi connectivity index (χ2n) is 7.48. The Morgan fingerprint density at radius 2 is 1.37 bits per heavy atom. The van der Waals surface area contributed by atoms with Gasteiger partial charge in [0.25, 0.3) is 0 Å². The topological polar surface area (TPSA) is 21.3 Å². The third-order valence-electron chi connectivity index (χ3n) is 5.20. The number of nitrogens with one attached hydrogen (secondary N) is 1. The third-order valence-corrected chi connectivity index (χ3v) is 5.20. The molecule has 0 heterocycles. The molecule has 2 nitrogen and oxygen atoms in total. The van der Waals surface area contributed by atoms with Gasteiger partial charge in [0.05, 0.1) is 6.61 Å². The number of rotatable bonds is 11. The Hall–Kier alpha value is -2.84. The van der Waals surface area contributed by atoms with Gasteiger partial charge in [0.1, 0.15) is 0 Å². The first-order valence-electron chi connectivity index (χ1n) is 11.0. The summed E-state index contributed by atoms with van der Waals surface area (Å²) in [5, 5.41) is 3.45. The standard InChI is InChI=1S/C28H33NO/c1-3-20-30-21-19-29-27-17-15-26(16-18-27)28(25-13-9-6-10-14-25)24(4-2)22-23-11-7-5-8-12-23/h5-18,29H,3-4,19-22H2,1-2H3. The molecule has 2 heteroatoms. The fraction of sp³-hybridized carbons (Fsp3) is 0.286. The van der Waals surface area contributed by atoms with Crippen LogP contribution in [0.4, 0.5) is 5.69 Å². The van der Waals surface area contributed by atoms with Gasteiger partial charge in [-0.2, -0.15) is 0 Å². The van der Waals surface area contributed by atoms with E-state index in [-0.39, 0.29) is 0 Å². The van der Waals surface area contributed by atoms with Crippen molar-refractivity contribution in [2.45, 2.75) is 33.1 Å². The highest BCUT2D eigenvalue weighted by molar-refractivity contribution is 5.83. The molecular weight excluding hydrogens is 366 g/mol. The van der Waals surface area contributed by atoms with Crippen LogP contribution in [-0.4, -0.2) is 19.8 Å². The Morgan fingerprint density at radius 3 is 2.00 bits per heavy atom. The zero-order valence-corrected chi connectivity index (χ0v) is 18.2. The molecule has 0 fully saturated rings. The van der Waals surface area contributed by atoms with Gasteiger partial charge < -0.3 is 10.1 Å². The highest BCUT2D eigenvalue weighted by Crippen LogP contribution is 2.31. The van der Waals surface area contributed by atoms with Gasteiger partial charge in [-0.25, -0.2) is 0 Å². The Balaban J connectivity index is 1.85. The van der Waals surface area contributed by atoms with Gasteiger partial charge in [0.15, 0.2) is 0 Å². The van der Waals surface area contributed by atoms with Gasteiger partial charge >= 0.3 is 0 Å². The van der Waals surface area contributed by atoms with Crippen LogP contribution in [0.1, 0.15) is 43.4 Å². The first kappa shape index (κ1) is 21.9. The number of benzene rings is 3. The summed E-state index contributed by atoms with van der Waals surface area (Å²) in [6.07, 6.45) is 3.05. The molecule has 0 spiro atoms. The molecule has 3 aromatic rings. The van der Waals surface area contributed by atoms with Crippen LogP contribution in [0.25, 0.3) is 5.57 Å². The summed E-state index contributed by atoms with van der Waals surface area (Å²) in [7, 11) is 0. The van der Waals surface area contributed by atoms with E-state index < -0.39 is 0 Å². The minimum Gasteiger partial charge on any atom is -0.383 e. The fourth-order valence-corrected chi connectivity index (χ4v) is 3.68. The van der Waals surface area contributed by atoms with Gasteiger partial charge in [0.2, 0.25) is 0 Å². The molecule has 0 aliphatic heterocycles. The van der Waals surface area contributed by atoms with Crippen LogP contribution in [0.15, 0.2) is 90.5 Å². The average molecular weight is 400 g/mol. The number of hydrogen-bond donors (Lipinski definition) is 1. The van der Waals surface area contributed by atoms with E-state index in [1.54, 1.807) is 0 Å². The van der Waals surface area contributed by atoms with Crippen molar-refractivity contribution in [2.75, 3.05) is 25.1 Å². The van der Waals surface area contributed by atoms with Crippen LogP contribution >= 0.6 is 0 Å². The predicted molar refractivity (Wildman–Crippen MR) is 129 cm³/mol. The summed E-state index contributed by atoms with van der Waals surface area (Å²) in [5.41, 5.74) is 7.84. The van der Waals surface area contributed by atoms with Crippen molar-refractivity contribution >= 4 is 11.3 Å². The molecule has 0 aliphatic carbocycles. The zero-order valence-electron chi connectivity index (χ0n) is 18.2. The predicted octanol–water partition coefficient (Wildman–Crippen LogP) is 6.98. The van der Waals surface area contributed by atoms with E-state index in [0.29, 0.717) is 0 Å². The highest BCUT2D eigenvalue weighted by Gasteiger charge is 2.12. The van der Waals surface area contributed by atoms with Crippen LogP contribution in [-0.2, 0) is 11.2 Å². The van der Waals surface area contributed by atoms with Crippen LogP contribution < -0.4 is 5.32 Å². The summed E-state index contributed by atoms with van der Waals surface area (Å²) >= 11 is 0. The van der Waals surface area contributed by atoms with Gasteiger partial charge in [-0.3, -0.25) is 0 Å². The summed E-state index contributed by atoms with van der Waals surface area (Å²) in [4.78, 5) is 0. The monoisotopic (exact) mass is 399 g/mol. The minimum absolute atomic E-state index is 0.738. The largest absolute Gasteiger partial charge is 0.383 e. The van der Waals surface area contributed by atoms with E-state index >= 15 is 0 Å². The van der Waals surface area contributed by atoms with Crippen molar-refractivity contribution in [3.63, 3.8) is 0 Å². The lowest BCUT2D eigenvalue weighted by Crippen LogP contribution is -2.09. The third kappa shape index (κ3) is 6.33. The molecule has 0 saturated heterocycles. The molecule has 0 aromatic heterocycles. The maximum absolute atomic E-state index is 5.56. The molecule has 3 rings (SSSR count). The first-order chi connectivity index (χ1) is 14.8. The lowest BCUT2D eigenvalue weighted by Gasteiger charge is -2.17. The average Bonchev–Trinajstić information content (AvgIpc) is 2.81. The molecule has 0 unspecified atom stereocenters. The molecule has 3 aromatic carbocycles. The number of hydrogen-bond acceptors (Lipinski definition) is 2. The summed E-state index contributed by atoms with van der Waals surface area (Å²) < 4.78 is 5.56. The molecule has 0 atom stereocenters. The molecule has 0 bridgehead atoms. The van der Waals surface area contributed by atoms with E-state index in [2.05, 4.69) is 104 Å². The maximum Gasteiger partial charge on any atom is 0.0639 e. The first-order valence-corrected chi connectivity index (χ1v) is 11.0. The van der Waals surface area contributed by atoms with Crippen molar-refractivity contribution in [1.29, 1.82) is 0 Å². The molecular formula is C28H33NO. The SMILES string of the molecule is CCCOCCNc1ccc(C(=C(CC)Cc2ccccc2)c2ccccc2)cc1. The van der Waals surface area contributed by atoms with E-state index in [0.717, 1.165) is 44.7 Å². The molecule has 0 amide bonds. The number of ether oxygens (including phenoxy) is 1. The quantitative estimate of drug-likeness (QED) is 0.351. The summed E-state index contributed by atoms with van der Waals surface area (Å²) in [6.45, 7) is 6.78. The Kier molecular flexibility index (Phi) is 8.74. The molecule has 0 radical (unpaired) electrons. The van der Waals surface area contributed by atoms with E-state index in [1.807, 2.05) is 0 Å². The van der Waals surface area contributed by atoms with Crippen LogP contribution in [0, 0.1) is 0 Å². The zero-order chi connectivity index (χ0) is 21.0. The van der Waals surface area contributed by atoms with Crippen molar-refractivity contribution < 1.29 is 4.74 Å². The Morgan fingerprint density at radius 1 is 0.733 bits per heavy atom. The van der Waals surface area contributed by atoms with E-state index in [4.69, 9.17) is 4.74 Å². The van der Waals surface area contributed by atoms with Crippen molar-refractivity contribution in [2.24, 2.45) is 0 Å². The smallest absolute Gasteiger partial charge is 0.0639 e. The Bertz CT molecular complexity index is 898. The van der Waals surface area contributed by atoms with Crippen LogP contribution in [0.5, 0.6) is 0 Å². The van der Waals surface area contributed by atoms with Gasteiger partial charge in [0, 0.05) is 18.8 Å². The highest BCUT2D eigenvalue weighted by atomic mass is 16.5. The van der Waals surface area contributed by atoms with Gasteiger partial charge in [-0.1, -0.05) is 92.2 Å². The van der Waals surface area contributed by atoms with E-state index in [9.17, 15) is 0 Å². The second-order valence-corrected chi connectivity index (χ2v) is 7.48. The minimum atomic E-state index is 0.738.